The van der Waals surface area contributed by atoms with Crippen molar-refractivity contribution in [2.24, 2.45) is 0 Å². The summed E-state index contributed by atoms with van der Waals surface area (Å²) >= 11 is 0. The maximum absolute atomic E-state index is 11.8. The van der Waals surface area contributed by atoms with Gasteiger partial charge < -0.3 is 15.4 Å². The second kappa shape index (κ2) is 6.30. The molecule has 0 saturated carbocycles. The van der Waals surface area contributed by atoms with Crippen LogP contribution in [0.25, 0.3) is 0 Å². The summed E-state index contributed by atoms with van der Waals surface area (Å²) in [5.74, 6) is 0.0813. The summed E-state index contributed by atoms with van der Waals surface area (Å²) < 4.78 is 5.28. The van der Waals surface area contributed by atoms with Gasteiger partial charge in [0.1, 0.15) is 11.4 Å². The number of nitrogens with one attached hydrogen (secondary N) is 3. The molecule has 3 N–H and O–H groups in total. The van der Waals surface area contributed by atoms with Crippen molar-refractivity contribution in [3.8, 4) is 5.75 Å². The number of carbonyl (C=O) groups excluding carboxylic acids is 2. The molecule has 0 radical (unpaired) electrons. The second-order valence-corrected chi connectivity index (χ2v) is 4.98. The molecular formula is C15H14N4O4. The molecular weight excluding hydrogens is 300 g/mol. The SMILES string of the molecule is O=C1COc2ccc(CCNC(=O)c3ccc(=O)[nH]n3)cc2N1. The first-order valence-corrected chi connectivity index (χ1v) is 7.01. The van der Waals surface area contributed by atoms with E-state index in [1.165, 1.54) is 12.1 Å². The first kappa shape index (κ1) is 14.8. The lowest BCUT2D eigenvalue weighted by Crippen LogP contribution is -2.28. The number of benzene rings is 1. The summed E-state index contributed by atoms with van der Waals surface area (Å²) in [5, 5.41) is 11.3. The van der Waals surface area contributed by atoms with Crippen molar-refractivity contribution in [3.63, 3.8) is 0 Å². The van der Waals surface area contributed by atoms with Gasteiger partial charge >= 0.3 is 0 Å². The number of hydrogen-bond donors (Lipinski definition) is 3. The van der Waals surface area contributed by atoms with E-state index in [0.29, 0.717) is 24.4 Å². The van der Waals surface area contributed by atoms with Gasteiger partial charge in [-0.2, -0.15) is 5.10 Å². The molecule has 0 aliphatic carbocycles. The van der Waals surface area contributed by atoms with E-state index in [9.17, 15) is 14.4 Å². The average Bonchev–Trinajstić information content (AvgIpc) is 2.55. The topological polar surface area (TPSA) is 113 Å². The van der Waals surface area contributed by atoms with Crippen LogP contribution >= 0.6 is 0 Å². The number of hydrogen-bond acceptors (Lipinski definition) is 5. The summed E-state index contributed by atoms with van der Waals surface area (Å²) in [6.07, 6.45) is 0.582. The van der Waals surface area contributed by atoms with E-state index in [1.54, 1.807) is 6.07 Å². The fraction of sp³-hybridized carbons (Fsp3) is 0.200. The minimum Gasteiger partial charge on any atom is -0.482 e. The highest BCUT2D eigenvalue weighted by molar-refractivity contribution is 5.95. The van der Waals surface area contributed by atoms with Crippen LogP contribution in [0, 0.1) is 0 Å². The zero-order valence-electron chi connectivity index (χ0n) is 12.1. The summed E-state index contributed by atoms with van der Waals surface area (Å²) in [6.45, 7) is 0.418. The highest BCUT2D eigenvalue weighted by Gasteiger charge is 2.15. The predicted molar refractivity (Wildman–Crippen MR) is 81.5 cm³/mol. The molecule has 0 fully saturated rings. The lowest BCUT2D eigenvalue weighted by molar-refractivity contribution is -0.118. The number of aromatic amines is 1. The lowest BCUT2D eigenvalue weighted by atomic mass is 10.1. The molecule has 0 spiro atoms. The number of fused-ring (bicyclic) bond motifs is 1. The molecule has 118 valence electrons. The molecule has 2 aromatic rings. The Morgan fingerprint density at radius 3 is 2.91 bits per heavy atom. The molecule has 0 unspecified atom stereocenters. The summed E-state index contributed by atoms with van der Waals surface area (Å²) in [7, 11) is 0. The number of carbonyl (C=O) groups is 2. The zero-order valence-corrected chi connectivity index (χ0v) is 12.1. The Kier molecular flexibility index (Phi) is 4.05. The van der Waals surface area contributed by atoms with Gasteiger partial charge in [0.05, 0.1) is 5.69 Å². The summed E-state index contributed by atoms with van der Waals surface area (Å²) in [5.41, 5.74) is 1.37. The van der Waals surface area contributed by atoms with Crippen LogP contribution in [0.4, 0.5) is 5.69 Å². The molecule has 1 aliphatic heterocycles. The molecule has 0 bridgehead atoms. The molecule has 1 aromatic heterocycles. The maximum atomic E-state index is 11.8. The van der Waals surface area contributed by atoms with Gasteiger partial charge in [-0.25, -0.2) is 5.10 Å². The Morgan fingerprint density at radius 2 is 2.13 bits per heavy atom. The van der Waals surface area contributed by atoms with Crippen LogP contribution in [-0.4, -0.2) is 35.2 Å². The van der Waals surface area contributed by atoms with Crippen molar-refractivity contribution in [1.82, 2.24) is 15.5 Å². The van der Waals surface area contributed by atoms with Gasteiger partial charge in [-0.05, 0) is 30.2 Å². The highest BCUT2D eigenvalue weighted by atomic mass is 16.5. The Morgan fingerprint density at radius 1 is 1.26 bits per heavy atom. The van der Waals surface area contributed by atoms with Gasteiger partial charge in [-0.15, -0.1) is 0 Å². The third kappa shape index (κ3) is 3.54. The molecule has 8 nitrogen and oxygen atoms in total. The highest BCUT2D eigenvalue weighted by Crippen LogP contribution is 2.28. The van der Waals surface area contributed by atoms with Gasteiger partial charge in [0.25, 0.3) is 17.4 Å². The minimum absolute atomic E-state index is 0.0224. The fourth-order valence-electron chi connectivity index (χ4n) is 2.17. The van der Waals surface area contributed by atoms with Gasteiger partial charge in [-0.3, -0.25) is 14.4 Å². The molecule has 3 rings (SSSR count). The Balaban J connectivity index is 1.57. The largest absolute Gasteiger partial charge is 0.482 e. The first-order chi connectivity index (χ1) is 11.1. The third-order valence-electron chi connectivity index (χ3n) is 3.29. The maximum Gasteiger partial charge on any atom is 0.271 e. The van der Waals surface area contributed by atoms with Crippen molar-refractivity contribution in [1.29, 1.82) is 0 Å². The van der Waals surface area contributed by atoms with Crippen LogP contribution < -0.4 is 20.9 Å². The van der Waals surface area contributed by atoms with Crippen molar-refractivity contribution in [2.45, 2.75) is 6.42 Å². The van der Waals surface area contributed by atoms with Crippen LogP contribution in [-0.2, 0) is 11.2 Å². The summed E-state index contributed by atoms with van der Waals surface area (Å²) in [4.78, 5) is 34.0. The molecule has 8 heteroatoms. The fourth-order valence-corrected chi connectivity index (χ4v) is 2.17. The quantitative estimate of drug-likeness (QED) is 0.739. The van der Waals surface area contributed by atoms with Crippen LogP contribution in [0.5, 0.6) is 5.75 Å². The second-order valence-electron chi connectivity index (χ2n) is 4.98. The van der Waals surface area contributed by atoms with E-state index in [-0.39, 0.29) is 29.7 Å². The molecule has 23 heavy (non-hydrogen) atoms. The van der Waals surface area contributed by atoms with Crippen LogP contribution in [0.15, 0.2) is 35.1 Å². The zero-order chi connectivity index (χ0) is 16.2. The number of rotatable bonds is 4. The standard InChI is InChI=1S/C15H14N4O4/c20-13-4-2-10(18-19-13)15(22)16-6-5-9-1-3-12-11(7-9)17-14(21)8-23-12/h1-4,7H,5-6,8H2,(H,16,22)(H,17,21)(H,19,20). The molecule has 2 amide bonds. The van der Waals surface area contributed by atoms with Crippen molar-refractivity contribution < 1.29 is 14.3 Å². The smallest absolute Gasteiger partial charge is 0.271 e. The minimum atomic E-state index is -0.365. The number of anilines is 1. The normalized spacial score (nSPS) is 12.8. The predicted octanol–water partition coefficient (Wildman–Crippen LogP) is 0.0733. The Hall–Kier alpha value is -3.16. The molecule has 0 saturated heterocycles. The number of aromatic nitrogens is 2. The molecule has 0 atom stereocenters. The van der Waals surface area contributed by atoms with E-state index < -0.39 is 0 Å². The first-order valence-electron chi connectivity index (χ1n) is 7.01. The van der Waals surface area contributed by atoms with E-state index in [0.717, 1.165) is 5.56 Å². The van der Waals surface area contributed by atoms with Gasteiger partial charge in [0.15, 0.2) is 6.61 Å². The van der Waals surface area contributed by atoms with Gasteiger partial charge in [0.2, 0.25) is 0 Å². The molecule has 2 heterocycles. The van der Waals surface area contributed by atoms with Gasteiger partial charge in [-0.1, -0.05) is 6.07 Å². The van der Waals surface area contributed by atoms with E-state index in [4.69, 9.17) is 4.74 Å². The van der Waals surface area contributed by atoms with Crippen LogP contribution in [0.1, 0.15) is 16.1 Å². The number of H-pyrrole nitrogens is 1. The lowest BCUT2D eigenvalue weighted by Gasteiger charge is -2.18. The molecule has 1 aromatic carbocycles. The Bertz CT molecular complexity index is 795. The van der Waals surface area contributed by atoms with Crippen molar-refractivity contribution in [2.75, 3.05) is 18.5 Å². The van der Waals surface area contributed by atoms with E-state index in [2.05, 4.69) is 20.8 Å². The number of ether oxygens (including phenoxy) is 1. The summed E-state index contributed by atoms with van der Waals surface area (Å²) in [6, 6.07) is 8.08. The van der Waals surface area contributed by atoms with Crippen LogP contribution in [0.3, 0.4) is 0 Å². The number of nitrogens with zero attached hydrogens (tertiary/aromatic N) is 1. The average molecular weight is 314 g/mol. The van der Waals surface area contributed by atoms with E-state index >= 15 is 0 Å². The third-order valence-corrected chi connectivity index (χ3v) is 3.29. The van der Waals surface area contributed by atoms with E-state index in [1.807, 2.05) is 12.1 Å². The molecule has 1 aliphatic rings. The van der Waals surface area contributed by atoms with Crippen molar-refractivity contribution in [3.05, 3.63) is 51.9 Å². The number of amides is 2. The van der Waals surface area contributed by atoms with Crippen molar-refractivity contribution >= 4 is 17.5 Å². The Labute approximate surface area is 130 Å². The van der Waals surface area contributed by atoms with Crippen LogP contribution in [0.2, 0.25) is 0 Å². The monoisotopic (exact) mass is 314 g/mol. The van der Waals surface area contributed by atoms with Gasteiger partial charge in [0, 0.05) is 12.6 Å².